The van der Waals surface area contributed by atoms with E-state index in [9.17, 15) is 4.79 Å². The molecule has 0 saturated carbocycles. The molecule has 0 aromatic heterocycles. The van der Waals surface area contributed by atoms with Gasteiger partial charge in [-0.1, -0.05) is 42.5 Å². The molecule has 1 rings (SSSR count). The highest BCUT2D eigenvalue weighted by Crippen LogP contribution is 2.05. The molecule has 0 heterocycles. The quantitative estimate of drug-likeness (QED) is 0.534. The Bertz CT molecular complexity index is 303. The molecule has 1 nitrogen and oxygen atoms in total. The first-order valence-corrected chi connectivity index (χ1v) is 5.07. The molecule has 74 valence electrons. The first-order valence-electron chi connectivity index (χ1n) is 4.69. The van der Waals surface area contributed by atoms with Crippen LogP contribution in [0, 0.1) is 0 Å². The van der Waals surface area contributed by atoms with E-state index in [2.05, 4.69) is 12.2 Å². The molecule has 0 atom stereocenters. The van der Waals surface area contributed by atoms with Gasteiger partial charge < -0.3 is 0 Å². The van der Waals surface area contributed by atoms with Crippen molar-refractivity contribution in [3.8, 4) is 0 Å². The van der Waals surface area contributed by atoms with Crippen molar-refractivity contribution < 1.29 is 4.79 Å². The minimum absolute atomic E-state index is 0.252. The van der Waals surface area contributed by atoms with E-state index in [0.717, 1.165) is 12.8 Å². The van der Waals surface area contributed by atoms with Crippen molar-refractivity contribution in [1.29, 1.82) is 0 Å². The van der Waals surface area contributed by atoms with Gasteiger partial charge in [-0.3, -0.25) is 4.79 Å². The molecule has 0 spiro atoms. The second-order valence-electron chi connectivity index (χ2n) is 3.06. The Morgan fingerprint density at radius 3 is 2.64 bits per heavy atom. The highest BCUT2D eigenvalue weighted by atomic mass is 35.5. The zero-order valence-electron chi connectivity index (χ0n) is 7.95. The average Bonchev–Trinajstić information content (AvgIpc) is 2.18. The van der Waals surface area contributed by atoms with E-state index in [1.807, 2.05) is 30.3 Å². The van der Waals surface area contributed by atoms with Gasteiger partial charge in [0.05, 0.1) is 0 Å². The van der Waals surface area contributed by atoms with E-state index in [4.69, 9.17) is 11.6 Å². The van der Waals surface area contributed by atoms with Gasteiger partial charge in [-0.05, 0) is 30.0 Å². The van der Waals surface area contributed by atoms with Crippen LogP contribution in [0.1, 0.15) is 24.8 Å². The number of hydrogen-bond donors (Lipinski definition) is 0. The molecule has 0 aliphatic rings. The van der Waals surface area contributed by atoms with Crippen molar-refractivity contribution in [2.24, 2.45) is 0 Å². The fourth-order valence-electron chi connectivity index (χ4n) is 1.14. The standard InChI is InChI=1S/C12H13ClO/c13-12(14)10-6-2-5-9-11-7-3-1-4-8-11/h1,3-5,7-9H,2,6,10H2/b9-5+. The van der Waals surface area contributed by atoms with Crippen LogP contribution in [0.4, 0.5) is 0 Å². The summed E-state index contributed by atoms with van der Waals surface area (Å²) in [6.07, 6.45) is 6.30. The van der Waals surface area contributed by atoms with Gasteiger partial charge in [-0.2, -0.15) is 0 Å². The predicted molar refractivity (Wildman–Crippen MR) is 60.2 cm³/mol. The summed E-state index contributed by atoms with van der Waals surface area (Å²) in [6, 6.07) is 10.1. The molecular weight excluding hydrogens is 196 g/mol. The molecule has 0 amide bonds. The second kappa shape index (κ2) is 6.39. The first-order chi connectivity index (χ1) is 6.79. The fraction of sp³-hybridized carbons (Fsp3) is 0.250. The van der Waals surface area contributed by atoms with Crippen LogP contribution >= 0.6 is 11.6 Å². The zero-order valence-corrected chi connectivity index (χ0v) is 8.70. The monoisotopic (exact) mass is 208 g/mol. The van der Waals surface area contributed by atoms with Gasteiger partial charge in [0.1, 0.15) is 0 Å². The van der Waals surface area contributed by atoms with Crippen molar-refractivity contribution in [3.63, 3.8) is 0 Å². The maximum Gasteiger partial charge on any atom is 0.221 e. The van der Waals surface area contributed by atoms with Crippen molar-refractivity contribution in [2.45, 2.75) is 19.3 Å². The Hall–Kier alpha value is -1.08. The van der Waals surface area contributed by atoms with Crippen molar-refractivity contribution in [3.05, 3.63) is 42.0 Å². The Morgan fingerprint density at radius 2 is 2.00 bits per heavy atom. The normalized spacial score (nSPS) is 10.6. The molecule has 0 aliphatic heterocycles. The Labute approximate surface area is 89.4 Å². The van der Waals surface area contributed by atoms with Crippen molar-refractivity contribution in [2.75, 3.05) is 0 Å². The topological polar surface area (TPSA) is 17.1 Å². The van der Waals surface area contributed by atoms with Gasteiger partial charge in [0, 0.05) is 6.42 Å². The van der Waals surface area contributed by atoms with Gasteiger partial charge >= 0.3 is 0 Å². The van der Waals surface area contributed by atoms with Gasteiger partial charge in [0.15, 0.2) is 0 Å². The summed E-state index contributed by atoms with van der Waals surface area (Å²) in [4.78, 5) is 10.4. The minimum Gasteiger partial charge on any atom is -0.281 e. The van der Waals surface area contributed by atoms with Crippen molar-refractivity contribution in [1.82, 2.24) is 0 Å². The number of halogens is 1. The minimum atomic E-state index is -0.252. The summed E-state index contributed by atoms with van der Waals surface area (Å²) < 4.78 is 0. The summed E-state index contributed by atoms with van der Waals surface area (Å²) in [5.41, 5.74) is 1.18. The molecule has 0 radical (unpaired) electrons. The third-order valence-electron chi connectivity index (χ3n) is 1.85. The highest BCUT2D eigenvalue weighted by Gasteiger charge is 1.92. The van der Waals surface area contributed by atoms with Crippen LogP contribution in [0.2, 0.25) is 0 Å². The number of rotatable bonds is 5. The van der Waals surface area contributed by atoms with Crippen LogP contribution in [-0.2, 0) is 4.79 Å². The first kappa shape index (κ1) is 11.0. The van der Waals surface area contributed by atoms with E-state index >= 15 is 0 Å². The zero-order chi connectivity index (χ0) is 10.2. The number of carbonyl (C=O) groups is 1. The van der Waals surface area contributed by atoms with Gasteiger partial charge in [-0.15, -0.1) is 0 Å². The number of benzene rings is 1. The third kappa shape index (κ3) is 4.83. The molecular formula is C12H13ClO. The summed E-state index contributed by atoms with van der Waals surface area (Å²) in [5.74, 6) is 0. The van der Waals surface area contributed by atoms with Crippen LogP contribution in [0.25, 0.3) is 6.08 Å². The SMILES string of the molecule is O=C(Cl)CCC/C=C/c1ccccc1. The van der Waals surface area contributed by atoms with Crippen molar-refractivity contribution >= 4 is 22.9 Å². The number of unbranched alkanes of at least 4 members (excludes halogenated alkanes) is 1. The molecule has 14 heavy (non-hydrogen) atoms. The second-order valence-corrected chi connectivity index (χ2v) is 3.48. The summed E-state index contributed by atoms with van der Waals surface area (Å²) in [7, 11) is 0. The van der Waals surface area contributed by atoms with E-state index in [0.29, 0.717) is 6.42 Å². The summed E-state index contributed by atoms with van der Waals surface area (Å²) in [6.45, 7) is 0. The molecule has 1 aromatic rings. The maximum atomic E-state index is 10.4. The number of allylic oxidation sites excluding steroid dienone is 1. The fourth-order valence-corrected chi connectivity index (χ4v) is 1.28. The van der Waals surface area contributed by atoms with Crippen LogP contribution < -0.4 is 0 Å². The summed E-state index contributed by atoms with van der Waals surface area (Å²) >= 11 is 5.21. The number of hydrogen-bond acceptors (Lipinski definition) is 1. The lowest BCUT2D eigenvalue weighted by molar-refractivity contribution is -0.111. The predicted octanol–water partition coefficient (Wildman–Crippen LogP) is 3.64. The Balaban J connectivity index is 2.25. The molecule has 0 unspecified atom stereocenters. The highest BCUT2D eigenvalue weighted by molar-refractivity contribution is 6.63. The van der Waals surface area contributed by atoms with Gasteiger partial charge in [-0.25, -0.2) is 0 Å². The smallest absolute Gasteiger partial charge is 0.221 e. The maximum absolute atomic E-state index is 10.4. The molecule has 0 N–H and O–H groups in total. The van der Waals surface area contributed by atoms with E-state index in [-0.39, 0.29) is 5.24 Å². The van der Waals surface area contributed by atoms with Gasteiger partial charge in [0.25, 0.3) is 0 Å². The molecule has 0 aliphatic carbocycles. The van der Waals surface area contributed by atoms with E-state index in [1.165, 1.54) is 5.56 Å². The van der Waals surface area contributed by atoms with E-state index < -0.39 is 0 Å². The Kier molecular flexibility index (Phi) is 5.02. The van der Waals surface area contributed by atoms with Crippen LogP contribution in [0.5, 0.6) is 0 Å². The lowest BCUT2D eigenvalue weighted by Crippen LogP contribution is -1.83. The van der Waals surface area contributed by atoms with Crippen LogP contribution in [0.15, 0.2) is 36.4 Å². The molecule has 0 bridgehead atoms. The lowest BCUT2D eigenvalue weighted by atomic mass is 10.2. The van der Waals surface area contributed by atoms with Crippen LogP contribution in [0.3, 0.4) is 0 Å². The third-order valence-corrected chi connectivity index (χ3v) is 2.04. The largest absolute Gasteiger partial charge is 0.281 e. The molecule has 2 heteroatoms. The molecule has 1 aromatic carbocycles. The Morgan fingerprint density at radius 1 is 1.29 bits per heavy atom. The molecule has 0 fully saturated rings. The molecule has 0 saturated heterocycles. The van der Waals surface area contributed by atoms with Crippen LogP contribution in [-0.4, -0.2) is 5.24 Å². The lowest BCUT2D eigenvalue weighted by Gasteiger charge is -1.92. The number of carbonyl (C=O) groups excluding carboxylic acids is 1. The average molecular weight is 209 g/mol. The van der Waals surface area contributed by atoms with E-state index in [1.54, 1.807) is 0 Å². The summed E-state index contributed by atoms with van der Waals surface area (Å²) in [5, 5.41) is -0.252. The van der Waals surface area contributed by atoms with Gasteiger partial charge in [0.2, 0.25) is 5.24 Å².